The van der Waals surface area contributed by atoms with Crippen LogP contribution < -0.4 is 142 Å². The van der Waals surface area contributed by atoms with Crippen LogP contribution in [0.4, 0.5) is 4.39 Å². The molecule has 134 heavy (non-hydrogen) atoms. The normalized spacial score (nSPS) is 13.7. The summed E-state index contributed by atoms with van der Waals surface area (Å²) in [4.78, 5) is 107. The number of halogens is 4. The number of H-pyrrole nitrogens is 1. The molecule has 0 aliphatic carbocycles. The van der Waals surface area contributed by atoms with E-state index in [9.17, 15) is 37.1 Å². The summed E-state index contributed by atoms with van der Waals surface area (Å²) < 4.78 is 89.3. The van der Waals surface area contributed by atoms with Crippen LogP contribution in [-0.4, -0.2) is 218 Å². The van der Waals surface area contributed by atoms with Gasteiger partial charge in [-0.2, -0.15) is 8.42 Å². The summed E-state index contributed by atoms with van der Waals surface area (Å²) in [5.74, 6) is 3.53. The number of piperidine rings is 3. The van der Waals surface area contributed by atoms with Crippen molar-refractivity contribution >= 4 is 136 Å². The van der Waals surface area contributed by atoms with Gasteiger partial charge in [0.25, 0.3) is 16.6 Å². The van der Waals surface area contributed by atoms with Gasteiger partial charge in [0.2, 0.25) is 17.3 Å². The summed E-state index contributed by atoms with van der Waals surface area (Å²) in [6.45, 7) is 13.8. The van der Waals surface area contributed by atoms with Crippen molar-refractivity contribution in [1.82, 2.24) is 73.3 Å². The number of carboxylic acid groups (broad SMARTS) is 1. The van der Waals surface area contributed by atoms with Gasteiger partial charge in [0.15, 0.2) is 13.4 Å². The summed E-state index contributed by atoms with van der Waals surface area (Å²) in [6, 6.07) is 39.8. The molecule has 0 atom stereocenters. The summed E-state index contributed by atoms with van der Waals surface area (Å²) in [5.41, 5.74) is 10.5. The number of imidazole rings is 3. The van der Waals surface area contributed by atoms with Gasteiger partial charge in [-0.3, -0.25) is 32.9 Å². The van der Waals surface area contributed by atoms with Crippen molar-refractivity contribution < 1.29 is 214 Å². The number of hydrogen-bond donors (Lipinski definition) is 2. The molecule has 0 unspecified atom stereocenters. The van der Waals surface area contributed by atoms with Crippen molar-refractivity contribution in [2.24, 2.45) is 0 Å². The molecule has 0 spiro atoms. The second kappa shape index (κ2) is 58.3. The minimum Gasteiger partial charge on any atom is -1.00 e. The number of ether oxygens (including phenoxy) is 7. The van der Waals surface area contributed by atoms with Crippen LogP contribution in [0.15, 0.2) is 162 Å². The van der Waals surface area contributed by atoms with E-state index in [0.717, 1.165) is 174 Å². The molecule has 45 heteroatoms. The van der Waals surface area contributed by atoms with Crippen molar-refractivity contribution in [3.8, 4) is 11.8 Å². The molecule has 4 aromatic carbocycles. The monoisotopic (exact) mass is 2020 g/mol. The fourth-order valence-corrected chi connectivity index (χ4v) is 18.6. The molecule has 0 saturated carbocycles. The van der Waals surface area contributed by atoms with Gasteiger partial charge in [-0.15, -0.1) is 34.0 Å². The Morgan fingerprint density at radius 2 is 0.910 bits per heavy atom. The van der Waals surface area contributed by atoms with Gasteiger partial charge in [-0.05, 0) is 170 Å². The number of pyridine rings is 3. The van der Waals surface area contributed by atoms with E-state index in [0.29, 0.717) is 118 Å². The molecule has 3 fully saturated rings. The number of nitrogens with one attached hydrogen (secondary N) is 1. The molecule has 0 radical (unpaired) electrons. The summed E-state index contributed by atoms with van der Waals surface area (Å²) in [6.07, 6.45) is 10.9. The number of aromatic amines is 1. The van der Waals surface area contributed by atoms with Gasteiger partial charge in [0, 0.05) is 113 Å². The van der Waals surface area contributed by atoms with Crippen molar-refractivity contribution in [2.45, 2.75) is 127 Å². The Morgan fingerprint density at radius 1 is 0.552 bits per heavy atom. The smallest absolute Gasteiger partial charge is 1.00 e. The van der Waals surface area contributed by atoms with Gasteiger partial charge in [0.05, 0.1) is 132 Å². The number of methoxy groups -OCH3 is 5. The summed E-state index contributed by atoms with van der Waals surface area (Å²) >= 11 is 21.5. The summed E-state index contributed by atoms with van der Waals surface area (Å²) in [5, 5.41) is 17.8. The zero-order chi connectivity index (χ0) is 93.4. The number of hydrogen-bond acceptors (Lipinski definition) is 32. The molecule has 3 aliphatic heterocycles. The molecule has 13 aromatic rings. The largest absolute Gasteiger partial charge is 1.00 e. The van der Waals surface area contributed by atoms with E-state index in [4.69, 9.17) is 108 Å². The Kier molecular flexibility index (Phi) is 48.9. The zero-order valence-electron chi connectivity index (χ0n) is 77.7. The quantitative estimate of drug-likeness (QED) is 0.0135. The van der Waals surface area contributed by atoms with E-state index < -0.39 is 23.2 Å². The van der Waals surface area contributed by atoms with Crippen molar-refractivity contribution in [3.05, 3.63) is 247 Å². The SMILES string of the molecule is COCCn1c(CN2CCC(c3cccc(=O)[nH]3)CC2)nc2ccc(C(=O)OC)cc21.COCCn1c(CN2CCC(c3cccc(OCc4cnc(Cl)s4)n3)CC2)nc2ccc(C(=O)O)cc21.COCCn1c(CN2CCC(c3cccc(OCc4cnc(Cl)s4)n3)CC2)nc2ccc(C(=O)OC)cc21.Cc1ccc(S(=O)(=O)OCc2cnc(Cl)s2)cc1.O=CO[O-].[2H]CF.[H-].[K+].[K+].[Li+].[OH-]. The average Bonchev–Trinajstić information content (AvgIpc) is 1.65. The number of likely N-dealkylation sites (tertiary alicyclic amines) is 3. The Balaban J connectivity index is 0.000000275. The number of aryl methyl sites for hydroxylation is 1. The number of thiazole rings is 3. The van der Waals surface area contributed by atoms with Gasteiger partial charge in [-0.1, -0.05) is 70.7 Å². The number of carbonyl (C=O) groups excluding carboxylic acids is 3. The molecule has 16 rings (SSSR count). The molecule has 12 heterocycles. The Bertz CT molecular complexity index is 6090. The van der Waals surface area contributed by atoms with Crippen LogP contribution in [0.3, 0.4) is 0 Å². The van der Waals surface area contributed by atoms with Gasteiger partial charge in [0.1, 0.15) is 37.3 Å². The van der Waals surface area contributed by atoms with Gasteiger partial charge >= 0.3 is 140 Å². The number of rotatable bonds is 32. The van der Waals surface area contributed by atoms with Crippen molar-refractivity contribution in [1.29, 1.82) is 0 Å². The molecule has 3 N–H and O–H groups in total. The van der Waals surface area contributed by atoms with E-state index in [2.05, 4.69) is 65.4 Å². The Hall–Kier alpha value is -6.83. The second-order valence-corrected chi connectivity index (χ2v) is 36.6. The standard InChI is InChI=1S/C27H30ClN5O4S.C26H28ClN5O4S.C23H28N4O4.C11H10ClNO3S2.CH3F.CH2O3.2K.Li.H2O.H/c1-35-13-12-33-23-14-19(26(34)36-2)6-7-22(23)30-24(33)16-32-10-8-18(9-11-32)21-4-3-5-25(31-21)37-17-20-15-29-27(28)38-20;1-35-12-11-32-22-13-18(25(33)34)5-6-21(22)29-23(32)15-31-9-7-17(8-10-31)20-3-2-4-24(30-20)36-16-19-14-28-26(27)37-19;1-30-13-12-27-20-14-17(23(29)31-2)6-7-19(20)24-21(27)15-26-10-8-16(9-11-26)18-4-3-5-22(28)25-18;1-8-2-4-10(5-3-8)18(14,15)16-7-9-6-13-11(12)17-9;1-2;2-1-4-3;;;;;/h3-7,14-15,18H,8-13,16-17H2,1-2H3;2-6,13-14,17H,7-12,15-16H2,1H3,(H,33,34);3-7,14,16H,8-13,15H2,1-2H3,(H,25,28);2-6H,7H2,1H3;1H3;1,3H;;;;1H2;/q;;;;;;3*+1;;-1/p-2/i;;;;1D;;;;;;. The number of esters is 2. The Labute approximate surface area is 901 Å². The van der Waals surface area contributed by atoms with E-state index in [1.807, 2.05) is 67.6 Å². The molecule has 702 valence electrons. The number of fused-ring (bicyclic) bond motifs is 3. The molecular weight excluding hydrogens is 1920 g/mol. The van der Waals surface area contributed by atoms with Crippen molar-refractivity contribution in [3.63, 3.8) is 0 Å². The van der Waals surface area contributed by atoms with Gasteiger partial charge < -0.3 is 74.0 Å². The fraction of sp³-hybridized carbons (Fsp3) is 0.382. The first-order valence-electron chi connectivity index (χ1n) is 41.9. The number of carbonyl (C=O) groups is 4. The number of benzene rings is 4. The third-order valence-corrected chi connectivity index (χ3v) is 26.1. The molecular formula is C89H102Cl3FK2LiN15O19S4. The van der Waals surface area contributed by atoms with Crippen LogP contribution >= 0.6 is 68.8 Å². The van der Waals surface area contributed by atoms with Crippen LogP contribution in [0.1, 0.15) is 145 Å². The van der Waals surface area contributed by atoms with Crippen LogP contribution in [0, 0.1) is 6.92 Å². The summed E-state index contributed by atoms with van der Waals surface area (Å²) in [7, 11) is 3.07. The van der Waals surface area contributed by atoms with Gasteiger partial charge in [-0.25, -0.2) is 54.3 Å². The number of alkyl halides is 1. The predicted molar refractivity (Wildman–Crippen MR) is 492 cm³/mol. The maximum Gasteiger partial charge on any atom is 1.00 e. The third-order valence-electron chi connectivity index (χ3n) is 21.5. The molecule has 0 amide bonds. The number of aromatic nitrogens is 12. The van der Waals surface area contributed by atoms with Crippen LogP contribution in [0.25, 0.3) is 33.1 Å². The van der Waals surface area contributed by atoms with Crippen LogP contribution in [0.5, 0.6) is 11.8 Å². The van der Waals surface area contributed by atoms with Crippen molar-refractivity contribution in [2.75, 3.05) is 102 Å². The van der Waals surface area contributed by atoms with E-state index in [-0.39, 0.29) is 170 Å². The molecule has 3 saturated heterocycles. The van der Waals surface area contributed by atoms with E-state index >= 15 is 0 Å². The zero-order valence-corrected chi connectivity index (χ0v) is 87.4. The van der Waals surface area contributed by atoms with E-state index in [1.165, 1.54) is 66.6 Å². The number of carboxylic acids is 1. The Morgan fingerprint density at radius 3 is 1.25 bits per heavy atom. The minimum atomic E-state index is -3.73. The first-order valence-corrected chi connectivity index (χ1v) is 46.2. The van der Waals surface area contributed by atoms with E-state index in [1.54, 1.807) is 82.3 Å². The van der Waals surface area contributed by atoms with Crippen LogP contribution in [0.2, 0.25) is 13.4 Å². The predicted octanol–water partition coefficient (Wildman–Crippen LogP) is 5.29. The maximum atomic E-state index is 12.1. The molecule has 0 bridgehead atoms. The third kappa shape index (κ3) is 33.5. The second-order valence-electron chi connectivity index (χ2n) is 29.9. The topological polar surface area (TPSA) is 419 Å². The number of aromatic carboxylic acids is 1. The number of nitrogens with zero attached hydrogens (tertiary/aromatic N) is 14. The minimum absolute atomic E-state index is 0. The first kappa shape index (κ1) is 112. The maximum absolute atomic E-state index is 12.1. The van der Waals surface area contributed by atoms with Crippen LogP contribution in [-0.2, 0) is 107 Å². The molecule has 9 aromatic heterocycles. The first-order chi connectivity index (χ1) is 63.4. The molecule has 3 aliphatic rings. The average molecular weight is 2030 g/mol. The fourth-order valence-electron chi connectivity index (χ4n) is 15.0. The molecule has 34 nitrogen and oxygen atoms in total.